The van der Waals surface area contributed by atoms with Gasteiger partial charge in [0.1, 0.15) is 6.04 Å². The van der Waals surface area contributed by atoms with Crippen LogP contribution in [0.25, 0.3) is 0 Å². The van der Waals surface area contributed by atoms with Gasteiger partial charge in [-0.1, -0.05) is 0 Å². The van der Waals surface area contributed by atoms with Crippen molar-refractivity contribution in [1.29, 1.82) is 0 Å². The van der Waals surface area contributed by atoms with Crippen molar-refractivity contribution in [3.05, 3.63) is 0 Å². The number of hydrogen-bond donors (Lipinski definition) is 1. The van der Waals surface area contributed by atoms with Gasteiger partial charge in [-0.15, -0.1) is 0 Å². The Bertz CT molecular complexity index is 320. The number of nitrogens with zero attached hydrogens (tertiary/aromatic N) is 2. The first-order chi connectivity index (χ1) is 7.99. The monoisotopic (exact) mass is 239 g/mol. The first-order valence-electron chi connectivity index (χ1n) is 6.29. The third-order valence-corrected chi connectivity index (χ3v) is 3.96. The maximum absolute atomic E-state index is 12.2. The fourth-order valence-corrected chi connectivity index (χ4v) is 2.60. The van der Waals surface area contributed by atoms with E-state index in [0.29, 0.717) is 24.9 Å². The zero-order chi connectivity index (χ0) is 12.6. The van der Waals surface area contributed by atoms with E-state index in [-0.39, 0.29) is 17.9 Å². The maximum Gasteiger partial charge on any atom is 0.245 e. The summed E-state index contributed by atoms with van der Waals surface area (Å²) in [5.74, 6) is 0.0845. The predicted molar refractivity (Wildman–Crippen MR) is 64.4 cm³/mol. The van der Waals surface area contributed by atoms with Crippen LogP contribution in [-0.2, 0) is 9.59 Å². The van der Waals surface area contributed by atoms with Crippen LogP contribution in [0, 0.1) is 0 Å². The topological polar surface area (TPSA) is 52.7 Å². The van der Waals surface area contributed by atoms with E-state index in [1.54, 1.807) is 0 Å². The van der Waals surface area contributed by atoms with Crippen molar-refractivity contribution in [2.24, 2.45) is 0 Å². The molecule has 0 saturated carbocycles. The highest BCUT2D eigenvalue weighted by Gasteiger charge is 2.35. The molecule has 0 aromatic heterocycles. The Balaban J connectivity index is 1.98. The molecule has 2 aliphatic rings. The van der Waals surface area contributed by atoms with Gasteiger partial charge >= 0.3 is 0 Å². The minimum absolute atomic E-state index is 0.00132. The highest BCUT2D eigenvalue weighted by molar-refractivity contribution is 5.90. The second-order valence-electron chi connectivity index (χ2n) is 5.27. The Hall–Kier alpha value is -1.10. The van der Waals surface area contributed by atoms with Crippen LogP contribution in [0.3, 0.4) is 0 Å². The van der Waals surface area contributed by atoms with Crippen molar-refractivity contribution in [2.75, 3.05) is 20.1 Å². The second kappa shape index (κ2) is 4.64. The van der Waals surface area contributed by atoms with Crippen LogP contribution in [0.1, 0.15) is 26.7 Å². The van der Waals surface area contributed by atoms with Crippen molar-refractivity contribution in [2.45, 2.75) is 44.8 Å². The van der Waals surface area contributed by atoms with E-state index >= 15 is 0 Å². The molecule has 0 aliphatic carbocycles. The number of hydrogen-bond acceptors (Lipinski definition) is 3. The van der Waals surface area contributed by atoms with Crippen LogP contribution in [0.2, 0.25) is 0 Å². The van der Waals surface area contributed by atoms with Crippen LogP contribution < -0.4 is 5.32 Å². The fourth-order valence-electron chi connectivity index (χ4n) is 2.60. The molecule has 17 heavy (non-hydrogen) atoms. The zero-order valence-electron chi connectivity index (χ0n) is 10.8. The van der Waals surface area contributed by atoms with Gasteiger partial charge < -0.3 is 10.2 Å². The normalized spacial score (nSPS) is 34.9. The number of carbonyl (C=O) groups is 2. The van der Waals surface area contributed by atoms with Gasteiger partial charge in [-0.3, -0.25) is 14.5 Å². The van der Waals surface area contributed by atoms with E-state index in [4.69, 9.17) is 0 Å². The van der Waals surface area contributed by atoms with Crippen LogP contribution in [0.4, 0.5) is 0 Å². The summed E-state index contributed by atoms with van der Waals surface area (Å²) in [6, 6.07) is 0.463. The maximum atomic E-state index is 12.2. The summed E-state index contributed by atoms with van der Waals surface area (Å²) < 4.78 is 0. The molecule has 0 aromatic rings. The Labute approximate surface area is 102 Å². The van der Waals surface area contributed by atoms with E-state index in [9.17, 15) is 9.59 Å². The van der Waals surface area contributed by atoms with Crippen molar-refractivity contribution in [3.63, 3.8) is 0 Å². The number of nitrogens with one attached hydrogen (secondary N) is 1. The quantitative estimate of drug-likeness (QED) is 0.690. The number of amides is 2. The molecule has 1 N–H and O–H groups in total. The van der Waals surface area contributed by atoms with Gasteiger partial charge in [-0.05, 0) is 27.3 Å². The molecular weight excluding hydrogens is 218 g/mol. The first-order valence-corrected chi connectivity index (χ1v) is 6.29. The fraction of sp³-hybridized carbons (Fsp3) is 0.833. The summed E-state index contributed by atoms with van der Waals surface area (Å²) in [6.07, 6.45) is 1.13. The Morgan fingerprint density at radius 1 is 1.29 bits per heavy atom. The average Bonchev–Trinajstić information content (AvgIpc) is 2.71. The molecule has 2 fully saturated rings. The SMILES string of the molecule is CC1CN(C(=O)C2CCC(=O)N2)CC(C)N1C. The summed E-state index contributed by atoms with van der Waals surface area (Å²) >= 11 is 0. The van der Waals surface area contributed by atoms with Crippen molar-refractivity contribution >= 4 is 11.8 Å². The van der Waals surface area contributed by atoms with Gasteiger partial charge in [-0.25, -0.2) is 0 Å². The molecule has 2 saturated heterocycles. The van der Waals surface area contributed by atoms with E-state index in [1.807, 2.05) is 4.90 Å². The van der Waals surface area contributed by atoms with Crippen LogP contribution in [0.15, 0.2) is 0 Å². The lowest BCUT2D eigenvalue weighted by Crippen LogP contribution is -2.59. The third kappa shape index (κ3) is 2.44. The molecule has 5 nitrogen and oxygen atoms in total. The lowest BCUT2D eigenvalue weighted by atomic mass is 10.1. The molecule has 2 rings (SSSR count). The predicted octanol–water partition coefficient (Wildman–Crippen LogP) is -0.184. The molecular formula is C12H21N3O2. The smallest absolute Gasteiger partial charge is 0.245 e. The van der Waals surface area contributed by atoms with E-state index < -0.39 is 0 Å². The highest BCUT2D eigenvalue weighted by atomic mass is 16.2. The summed E-state index contributed by atoms with van der Waals surface area (Å²) in [5, 5.41) is 2.75. The molecule has 0 bridgehead atoms. The lowest BCUT2D eigenvalue weighted by Gasteiger charge is -2.43. The average molecular weight is 239 g/mol. The van der Waals surface area contributed by atoms with Gasteiger partial charge in [0.2, 0.25) is 11.8 Å². The van der Waals surface area contributed by atoms with Gasteiger partial charge in [-0.2, -0.15) is 0 Å². The van der Waals surface area contributed by atoms with Crippen molar-refractivity contribution < 1.29 is 9.59 Å². The Kier molecular flexibility index (Phi) is 3.38. The summed E-state index contributed by atoms with van der Waals surface area (Å²) in [6.45, 7) is 5.77. The van der Waals surface area contributed by atoms with Crippen LogP contribution in [-0.4, -0.2) is 59.9 Å². The van der Waals surface area contributed by atoms with Gasteiger partial charge in [0, 0.05) is 31.6 Å². The molecule has 0 spiro atoms. The minimum atomic E-state index is -0.287. The van der Waals surface area contributed by atoms with Crippen LogP contribution in [0.5, 0.6) is 0 Å². The first kappa shape index (κ1) is 12.4. The molecule has 96 valence electrons. The summed E-state index contributed by atoms with van der Waals surface area (Å²) in [7, 11) is 2.09. The number of carbonyl (C=O) groups excluding carboxylic acids is 2. The number of rotatable bonds is 1. The molecule has 3 atom stereocenters. The Morgan fingerprint density at radius 2 is 1.88 bits per heavy atom. The third-order valence-electron chi connectivity index (χ3n) is 3.96. The number of piperazine rings is 1. The number of likely N-dealkylation sites (N-methyl/N-ethyl adjacent to an activating group) is 1. The Morgan fingerprint density at radius 3 is 2.35 bits per heavy atom. The lowest BCUT2D eigenvalue weighted by molar-refractivity contribution is -0.138. The molecule has 5 heteroatoms. The molecule has 2 heterocycles. The largest absolute Gasteiger partial charge is 0.344 e. The minimum Gasteiger partial charge on any atom is -0.344 e. The standard InChI is InChI=1S/C12H21N3O2/c1-8-6-15(7-9(2)14(8)3)12(17)10-4-5-11(16)13-10/h8-10H,4-7H2,1-3H3,(H,13,16). The van der Waals surface area contributed by atoms with Crippen molar-refractivity contribution in [3.8, 4) is 0 Å². The van der Waals surface area contributed by atoms with E-state index in [2.05, 4.69) is 31.1 Å². The van der Waals surface area contributed by atoms with Gasteiger partial charge in [0.15, 0.2) is 0 Å². The summed E-state index contributed by atoms with van der Waals surface area (Å²) in [4.78, 5) is 27.6. The molecule has 3 unspecified atom stereocenters. The molecule has 2 aliphatic heterocycles. The molecule has 0 aromatic carbocycles. The second-order valence-corrected chi connectivity index (χ2v) is 5.27. The van der Waals surface area contributed by atoms with E-state index in [0.717, 1.165) is 13.1 Å². The van der Waals surface area contributed by atoms with E-state index in [1.165, 1.54) is 0 Å². The highest BCUT2D eigenvalue weighted by Crippen LogP contribution is 2.17. The van der Waals surface area contributed by atoms with Gasteiger partial charge in [0.05, 0.1) is 0 Å². The van der Waals surface area contributed by atoms with Crippen LogP contribution >= 0.6 is 0 Å². The molecule has 2 amide bonds. The van der Waals surface area contributed by atoms with Crippen molar-refractivity contribution in [1.82, 2.24) is 15.1 Å². The van der Waals surface area contributed by atoms with Gasteiger partial charge in [0.25, 0.3) is 0 Å². The zero-order valence-corrected chi connectivity index (χ0v) is 10.8. The molecule has 0 radical (unpaired) electrons. The summed E-state index contributed by atoms with van der Waals surface area (Å²) in [5.41, 5.74) is 0.